The lowest BCUT2D eigenvalue weighted by molar-refractivity contribution is 1.07. The Bertz CT molecular complexity index is 147. The molecule has 1 heterocycles. The quantitative estimate of drug-likeness (QED) is 0.485. The van der Waals surface area contributed by atoms with Gasteiger partial charge < -0.3 is 5.32 Å². The molecule has 42 valence electrons. The van der Waals surface area contributed by atoms with Crippen molar-refractivity contribution in [3.8, 4) is 0 Å². The van der Waals surface area contributed by atoms with Crippen LogP contribution in [0.25, 0.3) is 0 Å². The summed E-state index contributed by atoms with van der Waals surface area (Å²) in [4.78, 5) is 0.815. The molecule has 1 N–H and O–H groups in total. The summed E-state index contributed by atoms with van der Waals surface area (Å²) >= 11 is 4.85. The number of thiocarbonyl (C=S) groups is 1. The van der Waals surface area contributed by atoms with Crippen LogP contribution in [-0.2, 0) is 0 Å². The summed E-state index contributed by atoms with van der Waals surface area (Å²) in [6, 6.07) is 0. The standard InChI is InChI=1S/C6H7NS/c8-6-4-2-1-3-5-7-6/h1-4H,5H2,(H,7,8). The van der Waals surface area contributed by atoms with Gasteiger partial charge in [0.25, 0.3) is 0 Å². The maximum Gasteiger partial charge on any atom is 0.0990 e. The maximum absolute atomic E-state index is 4.85. The minimum Gasteiger partial charge on any atom is -0.373 e. The monoisotopic (exact) mass is 125 g/mol. The highest BCUT2D eigenvalue weighted by atomic mass is 32.1. The Hall–Kier alpha value is -0.630. The van der Waals surface area contributed by atoms with Crippen molar-refractivity contribution in [3.63, 3.8) is 0 Å². The van der Waals surface area contributed by atoms with Crippen molar-refractivity contribution in [3.05, 3.63) is 24.3 Å². The van der Waals surface area contributed by atoms with Crippen LogP contribution in [0.5, 0.6) is 0 Å². The molecule has 0 aromatic heterocycles. The topological polar surface area (TPSA) is 12.0 Å². The van der Waals surface area contributed by atoms with Gasteiger partial charge in [0.05, 0.1) is 4.99 Å². The molecule has 0 amide bonds. The summed E-state index contributed by atoms with van der Waals surface area (Å²) in [5.74, 6) is 0. The van der Waals surface area contributed by atoms with E-state index in [2.05, 4.69) is 5.32 Å². The zero-order valence-electron chi connectivity index (χ0n) is 4.42. The van der Waals surface area contributed by atoms with Gasteiger partial charge in [-0.3, -0.25) is 0 Å². The van der Waals surface area contributed by atoms with Gasteiger partial charge in [0.1, 0.15) is 0 Å². The number of hydrogen-bond donors (Lipinski definition) is 1. The molecule has 1 nitrogen and oxygen atoms in total. The molecular weight excluding hydrogens is 118 g/mol. The van der Waals surface area contributed by atoms with Crippen molar-refractivity contribution >= 4 is 17.2 Å². The third-order valence-electron chi connectivity index (χ3n) is 0.889. The van der Waals surface area contributed by atoms with Gasteiger partial charge >= 0.3 is 0 Å². The second-order valence-electron chi connectivity index (χ2n) is 1.53. The van der Waals surface area contributed by atoms with Gasteiger partial charge in [-0.05, 0) is 6.08 Å². The highest BCUT2D eigenvalue weighted by molar-refractivity contribution is 7.80. The van der Waals surface area contributed by atoms with Crippen LogP contribution in [0, 0.1) is 0 Å². The Morgan fingerprint density at radius 3 is 3.25 bits per heavy atom. The van der Waals surface area contributed by atoms with Crippen molar-refractivity contribution in [2.24, 2.45) is 0 Å². The van der Waals surface area contributed by atoms with Gasteiger partial charge in [-0.25, -0.2) is 0 Å². The molecule has 2 heteroatoms. The van der Waals surface area contributed by atoms with E-state index in [0.29, 0.717) is 0 Å². The highest BCUT2D eigenvalue weighted by Crippen LogP contribution is 1.84. The maximum atomic E-state index is 4.85. The van der Waals surface area contributed by atoms with Gasteiger partial charge in [-0.2, -0.15) is 0 Å². The van der Waals surface area contributed by atoms with Crippen LogP contribution in [0.1, 0.15) is 0 Å². The Balaban J connectivity index is 2.58. The molecule has 0 fully saturated rings. The van der Waals surface area contributed by atoms with Crippen molar-refractivity contribution < 1.29 is 0 Å². The fraction of sp³-hybridized carbons (Fsp3) is 0.167. The first-order valence-corrected chi connectivity index (χ1v) is 2.91. The molecule has 1 rings (SSSR count). The summed E-state index contributed by atoms with van der Waals surface area (Å²) in [5.41, 5.74) is 0. The molecular formula is C6H7NS. The normalized spacial score (nSPS) is 17.8. The van der Waals surface area contributed by atoms with Gasteiger partial charge in [0, 0.05) is 6.54 Å². The lowest BCUT2D eigenvalue weighted by Crippen LogP contribution is -2.17. The lowest BCUT2D eigenvalue weighted by Gasteiger charge is -1.94. The predicted molar refractivity (Wildman–Crippen MR) is 38.9 cm³/mol. The smallest absolute Gasteiger partial charge is 0.0990 e. The number of hydrogen-bond acceptors (Lipinski definition) is 1. The summed E-state index contributed by atoms with van der Waals surface area (Å²) < 4.78 is 0. The Labute approximate surface area is 54.1 Å². The Morgan fingerprint density at radius 2 is 2.38 bits per heavy atom. The minimum atomic E-state index is 0.815. The number of nitrogens with one attached hydrogen (secondary N) is 1. The summed E-state index contributed by atoms with van der Waals surface area (Å²) in [7, 11) is 0. The average molecular weight is 125 g/mol. The van der Waals surface area contributed by atoms with Crippen LogP contribution in [0.2, 0.25) is 0 Å². The SMILES string of the molecule is S=C1C=CC=CCN1. The molecule has 0 bridgehead atoms. The van der Waals surface area contributed by atoms with Gasteiger partial charge in [0.2, 0.25) is 0 Å². The first-order chi connectivity index (χ1) is 3.89. The largest absolute Gasteiger partial charge is 0.373 e. The summed E-state index contributed by atoms with van der Waals surface area (Å²) in [6.45, 7) is 0.853. The average Bonchev–Trinajstić information content (AvgIpc) is 1.94. The van der Waals surface area contributed by atoms with Crippen LogP contribution in [0.4, 0.5) is 0 Å². The van der Waals surface area contributed by atoms with Crippen molar-refractivity contribution in [1.29, 1.82) is 0 Å². The van der Waals surface area contributed by atoms with E-state index in [1.165, 1.54) is 0 Å². The lowest BCUT2D eigenvalue weighted by atomic mass is 10.5. The van der Waals surface area contributed by atoms with Gasteiger partial charge in [-0.15, -0.1) is 0 Å². The van der Waals surface area contributed by atoms with Crippen molar-refractivity contribution in [2.45, 2.75) is 0 Å². The first-order valence-electron chi connectivity index (χ1n) is 2.50. The molecule has 0 saturated heterocycles. The molecule has 1 aliphatic heterocycles. The van der Waals surface area contributed by atoms with E-state index in [1.807, 2.05) is 24.3 Å². The molecule has 0 spiro atoms. The zero-order chi connectivity index (χ0) is 5.82. The molecule has 0 radical (unpaired) electrons. The predicted octanol–water partition coefficient (Wildman–Crippen LogP) is 1.03. The van der Waals surface area contributed by atoms with E-state index >= 15 is 0 Å². The fourth-order valence-electron chi connectivity index (χ4n) is 0.508. The summed E-state index contributed by atoms with van der Waals surface area (Å²) in [6.07, 6.45) is 7.81. The van der Waals surface area contributed by atoms with Crippen LogP contribution in [0.3, 0.4) is 0 Å². The Morgan fingerprint density at radius 1 is 1.50 bits per heavy atom. The summed E-state index contributed by atoms with van der Waals surface area (Å²) in [5, 5.41) is 3.00. The van der Waals surface area contributed by atoms with Crippen LogP contribution >= 0.6 is 12.2 Å². The molecule has 8 heavy (non-hydrogen) atoms. The first kappa shape index (κ1) is 5.51. The van der Waals surface area contributed by atoms with Crippen LogP contribution in [-0.4, -0.2) is 11.5 Å². The molecule has 0 atom stereocenters. The molecule has 0 unspecified atom stereocenters. The molecule has 0 aliphatic carbocycles. The second kappa shape index (κ2) is 2.62. The third kappa shape index (κ3) is 1.46. The number of allylic oxidation sites excluding steroid dienone is 2. The molecule has 0 aromatic rings. The Kier molecular flexibility index (Phi) is 1.80. The van der Waals surface area contributed by atoms with Gasteiger partial charge in [0.15, 0.2) is 0 Å². The number of rotatable bonds is 0. The second-order valence-corrected chi connectivity index (χ2v) is 1.97. The third-order valence-corrected chi connectivity index (χ3v) is 1.17. The fourth-order valence-corrected chi connectivity index (χ4v) is 0.670. The van der Waals surface area contributed by atoms with E-state index < -0.39 is 0 Å². The van der Waals surface area contributed by atoms with Crippen molar-refractivity contribution in [2.75, 3.05) is 6.54 Å². The van der Waals surface area contributed by atoms with Crippen molar-refractivity contribution in [1.82, 2.24) is 5.32 Å². The van der Waals surface area contributed by atoms with Crippen LogP contribution < -0.4 is 5.32 Å². The van der Waals surface area contributed by atoms with Gasteiger partial charge in [-0.1, -0.05) is 30.4 Å². The van der Waals surface area contributed by atoms with E-state index in [4.69, 9.17) is 12.2 Å². The molecule has 0 saturated carbocycles. The molecule has 1 aliphatic rings. The van der Waals surface area contributed by atoms with Crippen LogP contribution in [0.15, 0.2) is 24.3 Å². The molecule has 0 aromatic carbocycles. The van der Waals surface area contributed by atoms with E-state index in [9.17, 15) is 0 Å². The van der Waals surface area contributed by atoms with E-state index in [1.54, 1.807) is 0 Å². The minimum absolute atomic E-state index is 0.815. The highest BCUT2D eigenvalue weighted by Gasteiger charge is 1.86. The zero-order valence-corrected chi connectivity index (χ0v) is 5.24. The van der Waals surface area contributed by atoms with E-state index in [0.717, 1.165) is 11.5 Å². The van der Waals surface area contributed by atoms with E-state index in [-0.39, 0.29) is 0 Å².